The maximum absolute atomic E-state index is 11.3. The molecule has 1 N–H and O–H groups in total. The van der Waals surface area contributed by atoms with Crippen LogP contribution >= 0.6 is 34.5 Å². The first kappa shape index (κ1) is 15.3. The standard InChI is InChI=1S/C14H13Cl2NO2S/c1-14(2,3)11-7(13(18)19)4-5-9(17-11)8-6-10(15)20-12(8)16/h4-6H,1-3H3,(H,18,19). The summed E-state index contributed by atoms with van der Waals surface area (Å²) in [6.07, 6.45) is 0. The molecular formula is C14H13Cl2NO2S. The lowest BCUT2D eigenvalue weighted by molar-refractivity contribution is 0.0693. The number of aromatic nitrogens is 1. The Morgan fingerprint density at radius 1 is 1.30 bits per heavy atom. The van der Waals surface area contributed by atoms with Crippen molar-refractivity contribution in [3.63, 3.8) is 0 Å². The van der Waals surface area contributed by atoms with Crippen molar-refractivity contribution in [1.29, 1.82) is 0 Å². The third-order valence-electron chi connectivity index (χ3n) is 2.77. The van der Waals surface area contributed by atoms with E-state index in [1.54, 1.807) is 18.2 Å². The molecule has 0 aliphatic rings. The fourth-order valence-corrected chi connectivity index (χ4v) is 3.35. The van der Waals surface area contributed by atoms with E-state index >= 15 is 0 Å². The number of thiophene rings is 1. The summed E-state index contributed by atoms with van der Waals surface area (Å²) in [6, 6.07) is 4.96. The largest absolute Gasteiger partial charge is 0.478 e. The van der Waals surface area contributed by atoms with E-state index in [-0.39, 0.29) is 11.0 Å². The Bertz CT molecular complexity index is 674. The van der Waals surface area contributed by atoms with Crippen molar-refractivity contribution in [3.8, 4) is 11.3 Å². The zero-order valence-corrected chi connectivity index (χ0v) is 13.5. The summed E-state index contributed by atoms with van der Waals surface area (Å²) in [5.41, 5.74) is 1.72. The third-order valence-corrected chi connectivity index (χ3v) is 4.26. The molecule has 0 aromatic carbocycles. The average molecular weight is 330 g/mol. The molecule has 106 valence electrons. The fraction of sp³-hybridized carbons (Fsp3) is 0.286. The molecule has 0 aliphatic carbocycles. The molecule has 0 unspecified atom stereocenters. The summed E-state index contributed by atoms with van der Waals surface area (Å²) in [5, 5.41) is 9.26. The second-order valence-corrected chi connectivity index (χ2v) is 7.67. The van der Waals surface area contributed by atoms with Gasteiger partial charge >= 0.3 is 5.97 Å². The number of rotatable bonds is 2. The first-order valence-electron chi connectivity index (χ1n) is 5.90. The van der Waals surface area contributed by atoms with Crippen LogP contribution in [0.5, 0.6) is 0 Å². The van der Waals surface area contributed by atoms with Gasteiger partial charge in [0, 0.05) is 11.0 Å². The molecule has 0 aliphatic heterocycles. The molecule has 2 rings (SSSR count). The Kier molecular flexibility index (Phi) is 4.09. The van der Waals surface area contributed by atoms with Crippen molar-refractivity contribution >= 4 is 40.5 Å². The molecule has 2 aromatic rings. The molecule has 0 bridgehead atoms. The van der Waals surface area contributed by atoms with Gasteiger partial charge in [0.05, 0.1) is 21.3 Å². The minimum absolute atomic E-state index is 0.207. The smallest absolute Gasteiger partial charge is 0.337 e. The molecule has 0 saturated carbocycles. The van der Waals surface area contributed by atoms with Crippen molar-refractivity contribution in [1.82, 2.24) is 4.98 Å². The van der Waals surface area contributed by atoms with Gasteiger partial charge in [-0.3, -0.25) is 4.98 Å². The summed E-state index contributed by atoms with van der Waals surface area (Å²) >= 11 is 13.3. The van der Waals surface area contributed by atoms with Crippen molar-refractivity contribution in [2.24, 2.45) is 0 Å². The second kappa shape index (κ2) is 5.35. The maximum atomic E-state index is 11.3. The Balaban J connectivity index is 2.64. The number of halogens is 2. The number of nitrogens with zero attached hydrogens (tertiary/aromatic N) is 1. The first-order valence-corrected chi connectivity index (χ1v) is 7.47. The third kappa shape index (κ3) is 2.97. The fourth-order valence-electron chi connectivity index (χ4n) is 1.87. The van der Waals surface area contributed by atoms with E-state index in [0.29, 0.717) is 20.1 Å². The van der Waals surface area contributed by atoms with Gasteiger partial charge in [-0.1, -0.05) is 44.0 Å². The minimum atomic E-state index is -0.983. The summed E-state index contributed by atoms with van der Waals surface area (Å²) in [7, 11) is 0. The maximum Gasteiger partial charge on any atom is 0.337 e. The van der Waals surface area contributed by atoms with Crippen LogP contribution in [0.4, 0.5) is 0 Å². The zero-order valence-electron chi connectivity index (χ0n) is 11.2. The normalized spacial score (nSPS) is 11.7. The molecule has 0 fully saturated rings. The van der Waals surface area contributed by atoms with E-state index in [0.717, 1.165) is 5.56 Å². The van der Waals surface area contributed by atoms with Crippen LogP contribution in [-0.2, 0) is 5.41 Å². The van der Waals surface area contributed by atoms with Gasteiger partial charge in [0.25, 0.3) is 0 Å². The summed E-state index contributed by atoms with van der Waals surface area (Å²) in [5.74, 6) is -0.983. The molecular weight excluding hydrogens is 317 g/mol. The molecule has 6 heteroatoms. The highest BCUT2D eigenvalue weighted by Gasteiger charge is 2.24. The minimum Gasteiger partial charge on any atom is -0.478 e. The van der Waals surface area contributed by atoms with Gasteiger partial charge in [-0.25, -0.2) is 4.79 Å². The number of carbonyl (C=O) groups is 1. The van der Waals surface area contributed by atoms with Crippen LogP contribution in [0.2, 0.25) is 8.67 Å². The van der Waals surface area contributed by atoms with Gasteiger partial charge in [0.2, 0.25) is 0 Å². The number of hydrogen-bond acceptors (Lipinski definition) is 3. The lowest BCUT2D eigenvalue weighted by Gasteiger charge is -2.20. The van der Waals surface area contributed by atoms with Crippen LogP contribution < -0.4 is 0 Å². The highest BCUT2D eigenvalue weighted by atomic mass is 35.5. The number of hydrogen-bond donors (Lipinski definition) is 1. The molecule has 0 saturated heterocycles. The lowest BCUT2D eigenvalue weighted by atomic mass is 9.88. The van der Waals surface area contributed by atoms with Gasteiger partial charge in [0.15, 0.2) is 0 Å². The monoisotopic (exact) mass is 329 g/mol. The van der Waals surface area contributed by atoms with Gasteiger partial charge in [-0.2, -0.15) is 0 Å². The van der Waals surface area contributed by atoms with Crippen molar-refractivity contribution in [3.05, 3.63) is 38.1 Å². The Morgan fingerprint density at radius 2 is 1.95 bits per heavy atom. The number of pyridine rings is 1. The van der Waals surface area contributed by atoms with Crippen molar-refractivity contribution < 1.29 is 9.90 Å². The molecule has 0 amide bonds. The molecule has 2 heterocycles. The van der Waals surface area contributed by atoms with E-state index in [1.165, 1.54) is 11.3 Å². The van der Waals surface area contributed by atoms with Gasteiger partial charge < -0.3 is 5.11 Å². The molecule has 20 heavy (non-hydrogen) atoms. The summed E-state index contributed by atoms with van der Waals surface area (Å²) in [6.45, 7) is 5.77. The van der Waals surface area contributed by atoms with Crippen LogP contribution in [0.3, 0.4) is 0 Å². The van der Waals surface area contributed by atoms with Crippen molar-refractivity contribution in [2.75, 3.05) is 0 Å². The highest BCUT2D eigenvalue weighted by Crippen LogP contribution is 2.38. The summed E-state index contributed by atoms with van der Waals surface area (Å²) in [4.78, 5) is 15.8. The van der Waals surface area contributed by atoms with Crippen LogP contribution in [-0.4, -0.2) is 16.1 Å². The van der Waals surface area contributed by atoms with Gasteiger partial charge in [-0.05, 0) is 18.2 Å². The van der Waals surface area contributed by atoms with Gasteiger partial charge in [0.1, 0.15) is 4.34 Å². The van der Waals surface area contributed by atoms with Gasteiger partial charge in [-0.15, -0.1) is 11.3 Å². The topological polar surface area (TPSA) is 50.2 Å². The van der Waals surface area contributed by atoms with E-state index in [2.05, 4.69) is 4.98 Å². The van der Waals surface area contributed by atoms with E-state index in [1.807, 2.05) is 20.8 Å². The average Bonchev–Trinajstić information content (AvgIpc) is 2.66. The van der Waals surface area contributed by atoms with Crippen LogP contribution in [0, 0.1) is 0 Å². The number of aromatic carboxylic acids is 1. The highest BCUT2D eigenvalue weighted by molar-refractivity contribution is 7.20. The quantitative estimate of drug-likeness (QED) is 0.832. The van der Waals surface area contributed by atoms with Crippen molar-refractivity contribution in [2.45, 2.75) is 26.2 Å². The summed E-state index contributed by atoms with van der Waals surface area (Å²) < 4.78 is 1.12. The van der Waals surface area contributed by atoms with Crippen LogP contribution in [0.1, 0.15) is 36.8 Å². The van der Waals surface area contributed by atoms with E-state index in [9.17, 15) is 9.90 Å². The molecule has 0 atom stereocenters. The molecule has 2 aromatic heterocycles. The molecule has 3 nitrogen and oxygen atoms in total. The molecule has 0 radical (unpaired) electrons. The van der Waals surface area contributed by atoms with Crippen LogP contribution in [0.15, 0.2) is 18.2 Å². The first-order chi connectivity index (χ1) is 9.20. The predicted molar refractivity (Wildman–Crippen MR) is 83.2 cm³/mol. The van der Waals surface area contributed by atoms with E-state index < -0.39 is 5.97 Å². The Hall–Kier alpha value is -1.10. The Morgan fingerprint density at radius 3 is 2.40 bits per heavy atom. The second-order valence-electron chi connectivity index (χ2n) is 5.39. The van der Waals surface area contributed by atoms with E-state index in [4.69, 9.17) is 23.2 Å². The Labute approximate surface area is 131 Å². The number of carboxylic acid groups (broad SMARTS) is 1. The SMILES string of the molecule is CC(C)(C)c1nc(-c2cc(Cl)sc2Cl)ccc1C(=O)O. The predicted octanol–water partition coefficient (Wildman–Crippen LogP) is 5.11. The van der Waals surface area contributed by atoms with Crippen LogP contribution in [0.25, 0.3) is 11.3 Å². The zero-order chi connectivity index (χ0) is 15.1. The lowest BCUT2D eigenvalue weighted by Crippen LogP contribution is -2.19. The molecule has 0 spiro atoms. The number of carboxylic acids is 1.